The Morgan fingerprint density at radius 1 is 0.846 bits per heavy atom. The molecule has 0 saturated carbocycles. The summed E-state index contributed by atoms with van der Waals surface area (Å²) < 4.78 is 0. The van der Waals surface area contributed by atoms with Gasteiger partial charge in [-0.15, -0.1) is 19.8 Å². The Morgan fingerprint density at radius 3 is 1.46 bits per heavy atom. The second-order valence-electron chi connectivity index (χ2n) is 5.86. The summed E-state index contributed by atoms with van der Waals surface area (Å²) >= 11 is 0. The molecule has 0 atom stereocenters. The Kier molecular flexibility index (Phi) is 20.2. The van der Waals surface area contributed by atoms with Crippen LogP contribution >= 0.6 is 0 Å². The number of fused-ring (bicyclic) bond motifs is 2. The van der Waals surface area contributed by atoms with Gasteiger partial charge in [-0.3, -0.25) is 0 Å². The minimum absolute atomic E-state index is 0. The Bertz CT molecular complexity index is 437. The van der Waals surface area contributed by atoms with E-state index in [4.69, 9.17) is 5.11 Å². The maximum absolute atomic E-state index is 8.93. The molecule has 0 bridgehead atoms. The summed E-state index contributed by atoms with van der Waals surface area (Å²) in [6, 6.07) is 13.4. The van der Waals surface area contributed by atoms with E-state index in [-0.39, 0.29) is 32.8 Å². The van der Waals surface area contributed by atoms with Gasteiger partial charge in [0.1, 0.15) is 0 Å². The summed E-state index contributed by atoms with van der Waals surface area (Å²) in [4.78, 5) is 0. The second-order valence-corrected chi connectivity index (χ2v) is 5.86. The number of hydrogen-bond acceptors (Lipinski definition) is 1. The first kappa shape index (κ1) is 27.5. The van der Waals surface area contributed by atoms with Gasteiger partial charge in [0.25, 0.3) is 0 Å². The molecule has 0 aromatic heterocycles. The summed E-state index contributed by atoms with van der Waals surface area (Å²) in [6.07, 6.45) is 10.9. The summed E-state index contributed by atoms with van der Waals surface area (Å²) in [5.74, 6) is 0. The van der Waals surface area contributed by atoms with Gasteiger partial charge in [0.05, 0.1) is 0 Å². The molecular formula is C24H36OZr. The van der Waals surface area contributed by atoms with Gasteiger partial charge in [0, 0.05) is 0 Å². The third kappa shape index (κ3) is 10.4. The van der Waals surface area contributed by atoms with Crippen molar-refractivity contribution in [1.29, 1.82) is 0 Å². The van der Waals surface area contributed by atoms with Crippen molar-refractivity contribution in [2.45, 2.75) is 65.2 Å². The molecule has 0 saturated heterocycles. The molecule has 2 aliphatic rings. The molecule has 142 valence electrons. The maximum atomic E-state index is 8.93. The van der Waals surface area contributed by atoms with E-state index >= 15 is 0 Å². The van der Waals surface area contributed by atoms with Crippen LogP contribution in [-0.4, -0.2) is 6.61 Å². The molecule has 0 radical (unpaired) electrons. The minimum Gasteiger partial charge on any atom is -0.855 e. The summed E-state index contributed by atoms with van der Waals surface area (Å²) in [6.45, 7) is 12.6. The molecule has 2 aromatic carbocycles. The maximum Gasteiger partial charge on any atom is 4.00 e. The fraction of sp³-hybridized carbons (Fsp3) is 0.458. The van der Waals surface area contributed by atoms with Gasteiger partial charge in [-0.25, -0.2) is 12.1 Å². The van der Waals surface area contributed by atoms with Crippen LogP contribution in [0.25, 0.3) is 0 Å². The van der Waals surface area contributed by atoms with E-state index in [9.17, 15) is 0 Å². The molecule has 0 aliphatic heterocycles. The first-order chi connectivity index (χ1) is 12.3. The molecule has 4 rings (SSSR count). The zero-order chi connectivity index (χ0) is 18.9. The van der Waals surface area contributed by atoms with Crippen LogP contribution in [0.5, 0.6) is 0 Å². The molecule has 0 amide bonds. The molecule has 0 N–H and O–H groups in total. The zero-order valence-electron chi connectivity index (χ0n) is 16.9. The minimum atomic E-state index is 0. The van der Waals surface area contributed by atoms with Crippen molar-refractivity contribution in [2.24, 2.45) is 0 Å². The van der Waals surface area contributed by atoms with Gasteiger partial charge in [-0.1, -0.05) is 58.3 Å². The number of aryl methyl sites for hydroxylation is 4. The molecule has 0 spiro atoms. The van der Waals surface area contributed by atoms with Gasteiger partial charge in [-0.05, 0) is 0 Å². The van der Waals surface area contributed by atoms with E-state index in [0.717, 1.165) is 0 Å². The standard InChI is InChI=1S/2C9H11.C2H5O.C2H5.C2H4.Zr/c2*1-2-5-9-7-3-6-8(9)4-1;1-2-3;2*1-2;/h2*3,6-7H,1-2,4-5H2;2H2,1H3;1H2,2H3;1-2H2;/q4*-1;;+4. The average Bonchev–Trinajstić information content (AvgIpc) is 3.35. The first-order valence-electron chi connectivity index (χ1n) is 9.61. The van der Waals surface area contributed by atoms with Crippen molar-refractivity contribution < 1.29 is 31.3 Å². The first-order valence-corrected chi connectivity index (χ1v) is 9.61. The van der Waals surface area contributed by atoms with Gasteiger partial charge in [0.2, 0.25) is 0 Å². The molecule has 0 fully saturated rings. The van der Waals surface area contributed by atoms with E-state index in [1.165, 1.54) is 51.4 Å². The van der Waals surface area contributed by atoms with E-state index in [2.05, 4.69) is 56.5 Å². The van der Waals surface area contributed by atoms with Gasteiger partial charge >= 0.3 is 26.2 Å². The second kappa shape index (κ2) is 19.1. The van der Waals surface area contributed by atoms with Crippen LogP contribution in [0.2, 0.25) is 0 Å². The Labute approximate surface area is 181 Å². The third-order valence-corrected chi connectivity index (χ3v) is 4.30. The quantitative estimate of drug-likeness (QED) is 0.395. The predicted molar refractivity (Wildman–Crippen MR) is 110 cm³/mol. The normalized spacial score (nSPS) is 13.1. The van der Waals surface area contributed by atoms with Crippen LogP contribution < -0.4 is 5.11 Å². The third-order valence-electron chi connectivity index (χ3n) is 4.30. The average molecular weight is 432 g/mol. The Balaban J connectivity index is 0. The van der Waals surface area contributed by atoms with Crippen molar-refractivity contribution in [3.05, 3.63) is 78.7 Å². The predicted octanol–water partition coefficient (Wildman–Crippen LogP) is 5.58. The summed E-state index contributed by atoms with van der Waals surface area (Å²) in [7, 11) is 0. The molecule has 26 heavy (non-hydrogen) atoms. The zero-order valence-corrected chi connectivity index (χ0v) is 19.3. The largest absolute Gasteiger partial charge is 4.00 e. The van der Waals surface area contributed by atoms with Crippen molar-refractivity contribution >= 4 is 0 Å². The van der Waals surface area contributed by atoms with Crippen molar-refractivity contribution in [3.63, 3.8) is 0 Å². The van der Waals surface area contributed by atoms with E-state index in [1.54, 1.807) is 36.1 Å². The van der Waals surface area contributed by atoms with Gasteiger partial charge in [0.15, 0.2) is 0 Å². The Morgan fingerprint density at radius 2 is 1.15 bits per heavy atom. The summed E-state index contributed by atoms with van der Waals surface area (Å²) in [5, 5.41) is 8.93. The Hall–Kier alpha value is -0.717. The van der Waals surface area contributed by atoms with Gasteiger partial charge < -0.3 is 12.0 Å². The molecule has 2 heteroatoms. The van der Waals surface area contributed by atoms with Crippen molar-refractivity contribution in [3.8, 4) is 0 Å². The van der Waals surface area contributed by atoms with Crippen LogP contribution in [-0.2, 0) is 51.9 Å². The smallest absolute Gasteiger partial charge is 0.855 e. The SMILES string of the molecule is C=C.CC[O-].[CH2-]C.[Zr+4].c1cc2c([cH-]1)CCCC2.c1cc2c([cH-]1)CCCC2. The molecular weight excluding hydrogens is 395 g/mol. The topological polar surface area (TPSA) is 23.1 Å². The van der Waals surface area contributed by atoms with Gasteiger partial charge in [-0.2, -0.15) is 53.4 Å². The molecule has 0 unspecified atom stereocenters. The van der Waals surface area contributed by atoms with Crippen LogP contribution in [0.4, 0.5) is 0 Å². The van der Waals surface area contributed by atoms with Crippen LogP contribution in [0.1, 0.15) is 61.8 Å². The molecule has 2 aliphatic carbocycles. The molecule has 2 aromatic rings. The van der Waals surface area contributed by atoms with Crippen LogP contribution in [0.3, 0.4) is 0 Å². The fourth-order valence-corrected chi connectivity index (χ4v) is 3.23. The van der Waals surface area contributed by atoms with Crippen molar-refractivity contribution in [1.82, 2.24) is 0 Å². The summed E-state index contributed by atoms with van der Waals surface area (Å²) in [5.41, 5.74) is 6.39. The molecule has 0 heterocycles. The number of hydrogen-bond donors (Lipinski definition) is 0. The van der Waals surface area contributed by atoms with Crippen LogP contribution in [0.15, 0.2) is 49.6 Å². The van der Waals surface area contributed by atoms with E-state index in [1.807, 2.05) is 0 Å². The van der Waals surface area contributed by atoms with Crippen molar-refractivity contribution in [2.75, 3.05) is 6.61 Å². The van der Waals surface area contributed by atoms with Crippen LogP contribution in [0, 0.1) is 6.92 Å². The molecule has 1 nitrogen and oxygen atoms in total. The van der Waals surface area contributed by atoms with E-state index < -0.39 is 0 Å². The van der Waals surface area contributed by atoms with E-state index in [0.29, 0.717) is 0 Å². The monoisotopic (exact) mass is 430 g/mol. The number of rotatable bonds is 0. The fourth-order valence-electron chi connectivity index (χ4n) is 3.23.